The number of phenolic OH excluding ortho intramolecular Hbond substituents is 1. The zero-order valence-electron chi connectivity index (χ0n) is 16.8. The minimum absolute atomic E-state index is 0.0511. The Bertz CT molecular complexity index is 884. The molecule has 0 spiro atoms. The first-order valence-corrected chi connectivity index (χ1v) is 9.85. The second kappa shape index (κ2) is 8.04. The highest BCUT2D eigenvalue weighted by Gasteiger charge is 2.31. The van der Waals surface area contributed by atoms with E-state index in [4.69, 9.17) is 0 Å². The molecule has 1 atom stereocenters. The van der Waals surface area contributed by atoms with E-state index >= 15 is 0 Å². The molecule has 7 heteroatoms. The molecule has 1 heterocycles. The van der Waals surface area contributed by atoms with Crippen LogP contribution in [0.2, 0.25) is 0 Å². The van der Waals surface area contributed by atoms with Gasteiger partial charge in [0.25, 0.3) is 0 Å². The molecule has 3 rings (SSSR count). The van der Waals surface area contributed by atoms with Crippen molar-refractivity contribution in [3.8, 4) is 17.0 Å². The maximum atomic E-state index is 12.7. The molecule has 0 saturated heterocycles. The van der Waals surface area contributed by atoms with E-state index in [2.05, 4.69) is 15.7 Å². The second-order valence-electron chi connectivity index (χ2n) is 7.78. The van der Waals surface area contributed by atoms with Gasteiger partial charge in [-0.15, -0.1) is 0 Å². The van der Waals surface area contributed by atoms with E-state index in [1.807, 2.05) is 33.8 Å². The van der Waals surface area contributed by atoms with Crippen molar-refractivity contribution in [3.05, 3.63) is 30.0 Å². The molecule has 0 radical (unpaired) electrons. The normalized spacial score (nSPS) is 14.8. The van der Waals surface area contributed by atoms with Crippen LogP contribution in [0.5, 0.6) is 5.75 Å². The number of amides is 2. The maximum Gasteiger partial charge on any atom is 0.342 e. The van der Waals surface area contributed by atoms with Crippen molar-refractivity contribution in [3.63, 3.8) is 0 Å². The summed E-state index contributed by atoms with van der Waals surface area (Å²) >= 11 is 0. The Morgan fingerprint density at radius 1 is 1.25 bits per heavy atom. The van der Waals surface area contributed by atoms with E-state index in [1.165, 1.54) is 10.7 Å². The molecule has 150 valence electrons. The van der Waals surface area contributed by atoms with Crippen molar-refractivity contribution in [2.75, 3.05) is 5.32 Å². The van der Waals surface area contributed by atoms with E-state index in [1.54, 1.807) is 12.1 Å². The Morgan fingerprint density at radius 3 is 2.57 bits per heavy atom. The molecule has 7 nitrogen and oxygen atoms in total. The predicted molar refractivity (Wildman–Crippen MR) is 108 cm³/mol. The number of hydrogen-bond donors (Lipinski definition) is 3. The van der Waals surface area contributed by atoms with Gasteiger partial charge in [-0.1, -0.05) is 20.8 Å². The summed E-state index contributed by atoms with van der Waals surface area (Å²) in [6.45, 7) is 7.59. The first kappa shape index (κ1) is 19.9. The highest BCUT2D eigenvalue weighted by molar-refractivity contribution is 5.93. The summed E-state index contributed by atoms with van der Waals surface area (Å²) in [5.41, 5.74) is 2.43. The number of nitrogens with one attached hydrogen (secondary N) is 2. The number of benzene rings is 1. The number of rotatable bonds is 6. The fourth-order valence-electron chi connectivity index (χ4n) is 2.84. The highest BCUT2D eigenvalue weighted by Crippen LogP contribution is 2.42. The number of nitrogens with zero attached hydrogens (tertiary/aromatic N) is 2. The van der Waals surface area contributed by atoms with Gasteiger partial charge in [0.1, 0.15) is 5.75 Å². The average molecular weight is 384 g/mol. The number of anilines is 1. The largest absolute Gasteiger partial charge is 0.507 e. The summed E-state index contributed by atoms with van der Waals surface area (Å²) in [5, 5.41) is 20.6. The van der Waals surface area contributed by atoms with Crippen LogP contribution in [-0.2, 0) is 4.79 Å². The third kappa shape index (κ3) is 4.35. The van der Waals surface area contributed by atoms with E-state index in [0.717, 1.165) is 25.0 Å². The molecule has 2 aromatic rings. The molecule has 1 unspecified atom stereocenters. The topological polar surface area (TPSA) is 96.3 Å². The fourth-order valence-corrected chi connectivity index (χ4v) is 2.84. The molecule has 0 aliphatic heterocycles. The van der Waals surface area contributed by atoms with Crippen molar-refractivity contribution in [1.82, 2.24) is 15.1 Å². The lowest BCUT2D eigenvalue weighted by Crippen LogP contribution is -2.36. The van der Waals surface area contributed by atoms with Crippen molar-refractivity contribution in [1.29, 1.82) is 0 Å². The Kier molecular flexibility index (Phi) is 5.72. The van der Waals surface area contributed by atoms with Crippen LogP contribution in [0, 0.1) is 5.92 Å². The summed E-state index contributed by atoms with van der Waals surface area (Å²) in [4.78, 5) is 24.6. The Hall–Kier alpha value is -2.83. The van der Waals surface area contributed by atoms with E-state index in [0.29, 0.717) is 22.9 Å². The Labute approximate surface area is 165 Å². The van der Waals surface area contributed by atoms with Gasteiger partial charge in [0.05, 0.1) is 11.4 Å². The van der Waals surface area contributed by atoms with Gasteiger partial charge in [0.2, 0.25) is 5.91 Å². The number of aromatic nitrogens is 2. The van der Waals surface area contributed by atoms with Gasteiger partial charge in [-0.2, -0.15) is 9.78 Å². The third-order valence-corrected chi connectivity index (χ3v) is 4.97. The van der Waals surface area contributed by atoms with Crippen molar-refractivity contribution >= 4 is 17.6 Å². The molecule has 1 aromatic carbocycles. The standard InChI is InChI=1S/C21H28N4O3/c1-5-13(4)22-21(28)25-18(14-6-7-14)11-17(24-25)16-10-15(8-9-19(16)26)23-20(27)12(2)3/h8-14,26H,5-7H2,1-4H3,(H,22,28)(H,23,27). The lowest BCUT2D eigenvalue weighted by atomic mass is 10.1. The fraction of sp³-hybridized carbons (Fsp3) is 0.476. The maximum absolute atomic E-state index is 12.7. The number of phenols is 1. The van der Waals surface area contributed by atoms with Crippen molar-refractivity contribution in [2.45, 2.75) is 58.9 Å². The number of carbonyl (C=O) groups excluding carboxylic acids is 2. The van der Waals surface area contributed by atoms with Gasteiger partial charge in [-0.25, -0.2) is 4.79 Å². The van der Waals surface area contributed by atoms with E-state index in [-0.39, 0.29) is 29.6 Å². The van der Waals surface area contributed by atoms with Gasteiger partial charge >= 0.3 is 6.03 Å². The molecule has 1 fully saturated rings. The quantitative estimate of drug-likeness (QED) is 0.654. The van der Waals surface area contributed by atoms with Crippen LogP contribution in [-0.4, -0.2) is 32.9 Å². The minimum atomic E-state index is -0.258. The molecule has 2 amide bonds. The van der Waals surface area contributed by atoms with Crippen molar-refractivity contribution in [2.24, 2.45) is 5.92 Å². The molecular weight excluding hydrogens is 356 g/mol. The Morgan fingerprint density at radius 2 is 1.96 bits per heavy atom. The van der Waals surface area contributed by atoms with Crippen LogP contribution < -0.4 is 10.6 Å². The summed E-state index contributed by atoms with van der Waals surface area (Å²) < 4.78 is 1.41. The molecular formula is C21H28N4O3. The first-order chi connectivity index (χ1) is 13.3. The molecule has 1 aliphatic rings. The number of aromatic hydroxyl groups is 1. The van der Waals surface area contributed by atoms with Gasteiger partial charge in [0.15, 0.2) is 0 Å². The first-order valence-electron chi connectivity index (χ1n) is 9.85. The summed E-state index contributed by atoms with van der Waals surface area (Å²) in [6, 6.07) is 6.51. The monoisotopic (exact) mass is 384 g/mol. The minimum Gasteiger partial charge on any atom is -0.507 e. The average Bonchev–Trinajstić information content (AvgIpc) is 3.41. The molecule has 3 N–H and O–H groups in total. The summed E-state index contributed by atoms with van der Waals surface area (Å²) in [6.07, 6.45) is 2.88. The van der Waals surface area contributed by atoms with Gasteiger partial charge < -0.3 is 15.7 Å². The van der Waals surface area contributed by atoms with Crippen LogP contribution in [0.1, 0.15) is 58.6 Å². The Balaban J connectivity index is 1.94. The van der Waals surface area contributed by atoms with Gasteiger partial charge in [0, 0.05) is 29.1 Å². The highest BCUT2D eigenvalue weighted by atomic mass is 16.3. The number of carbonyl (C=O) groups is 2. The van der Waals surface area contributed by atoms with Crippen LogP contribution in [0.15, 0.2) is 24.3 Å². The van der Waals surface area contributed by atoms with E-state index in [9.17, 15) is 14.7 Å². The zero-order chi connectivity index (χ0) is 20.4. The lowest BCUT2D eigenvalue weighted by molar-refractivity contribution is -0.118. The van der Waals surface area contributed by atoms with Crippen LogP contribution >= 0.6 is 0 Å². The van der Waals surface area contributed by atoms with Gasteiger partial charge in [-0.3, -0.25) is 4.79 Å². The van der Waals surface area contributed by atoms with Crippen LogP contribution in [0.3, 0.4) is 0 Å². The summed E-state index contributed by atoms with van der Waals surface area (Å²) in [5.74, 6) is 0.114. The second-order valence-corrected chi connectivity index (χ2v) is 7.78. The van der Waals surface area contributed by atoms with Gasteiger partial charge in [-0.05, 0) is 50.5 Å². The SMILES string of the molecule is CCC(C)NC(=O)n1nc(-c2cc(NC(=O)C(C)C)ccc2O)cc1C1CC1. The molecule has 1 aliphatic carbocycles. The lowest BCUT2D eigenvalue weighted by Gasteiger charge is -2.12. The van der Waals surface area contributed by atoms with Crippen LogP contribution in [0.25, 0.3) is 11.3 Å². The van der Waals surface area contributed by atoms with E-state index < -0.39 is 0 Å². The molecule has 0 bridgehead atoms. The smallest absolute Gasteiger partial charge is 0.342 e. The van der Waals surface area contributed by atoms with Crippen LogP contribution in [0.4, 0.5) is 10.5 Å². The van der Waals surface area contributed by atoms with Crippen molar-refractivity contribution < 1.29 is 14.7 Å². The molecule has 28 heavy (non-hydrogen) atoms. The molecule has 1 aromatic heterocycles. The third-order valence-electron chi connectivity index (χ3n) is 4.97. The zero-order valence-corrected chi connectivity index (χ0v) is 16.8. The summed E-state index contributed by atoms with van der Waals surface area (Å²) in [7, 11) is 0. The number of hydrogen-bond acceptors (Lipinski definition) is 4. The molecule has 1 saturated carbocycles. The predicted octanol–water partition coefficient (Wildman–Crippen LogP) is 4.08.